The minimum absolute atomic E-state index is 0.246. The molecule has 1 fully saturated rings. The number of hydrogen-bond acceptors (Lipinski definition) is 7. The van der Waals surface area contributed by atoms with Crippen LogP contribution in [0.5, 0.6) is 5.75 Å². The van der Waals surface area contributed by atoms with Gasteiger partial charge in [0.2, 0.25) is 5.91 Å². The smallest absolute Gasteiger partial charge is 0.307 e. The number of nitrogens with zero attached hydrogens (tertiary/aromatic N) is 2. The zero-order chi connectivity index (χ0) is 24.9. The summed E-state index contributed by atoms with van der Waals surface area (Å²) in [5, 5.41) is 15.1. The molecule has 1 aromatic carbocycles. The molecule has 1 aliphatic rings. The molecule has 0 radical (unpaired) electrons. The second kappa shape index (κ2) is 15.1. The van der Waals surface area contributed by atoms with Crippen molar-refractivity contribution in [3.8, 4) is 5.75 Å². The molecule has 9 heteroatoms. The molecule has 1 saturated carbocycles. The Morgan fingerprint density at radius 2 is 1.74 bits per heavy atom. The van der Waals surface area contributed by atoms with Crippen LogP contribution in [0.2, 0.25) is 0 Å². The van der Waals surface area contributed by atoms with E-state index in [1.807, 2.05) is 37.4 Å². The van der Waals surface area contributed by atoms with E-state index in [1.165, 1.54) is 5.01 Å². The fraction of sp³-hybridized carbons (Fsp3) is 0.600. The van der Waals surface area contributed by atoms with Gasteiger partial charge < -0.3 is 9.84 Å². The molecule has 2 rings (SSSR count). The van der Waals surface area contributed by atoms with Crippen molar-refractivity contribution in [3.63, 3.8) is 0 Å². The third kappa shape index (κ3) is 9.33. The van der Waals surface area contributed by atoms with E-state index < -0.39 is 17.8 Å². The van der Waals surface area contributed by atoms with Crippen LogP contribution >= 0.6 is 21.6 Å². The number of carbonyl (C=O) groups excluding carboxylic acids is 2. The number of amides is 1. The topological polar surface area (TPSA) is 96.3 Å². The minimum atomic E-state index is -0.905. The summed E-state index contributed by atoms with van der Waals surface area (Å²) in [5.41, 5.74) is 1.51. The maximum Gasteiger partial charge on any atom is 0.307 e. The molecular formula is C25H36N2O5S2. The lowest BCUT2D eigenvalue weighted by molar-refractivity contribution is -0.151. The van der Waals surface area contributed by atoms with Crippen LogP contribution in [0.15, 0.2) is 29.4 Å². The lowest BCUT2D eigenvalue weighted by Crippen LogP contribution is -2.39. The standard InChI is InChI=1S/C25H36N2O5S2/c1-18(26-27(2)24(29)22-10-4-5-11-23(22)25(30)31)19-12-14-21(15-13-19)32-16-6-8-20(28)9-7-17-34-33-3/h12-15,22-23H,4-11,16-17H2,1-3H3,(H,30,31)/b26-18+. The van der Waals surface area contributed by atoms with Crippen LogP contribution < -0.4 is 4.74 Å². The molecule has 1 aromatic rings. The molecule has 0 saturated heterocycles. The number of hydrogen-bond donors (Lipinski definition) is 1. The summed E-state index contributed by atoms with van der Waals surface area (Å²) >= 11 is 0. The van der Waals surface area contributed by atoms with Crippen molar-refractivity contribution < 1.29 is 24.2 Å². The van der Waals surface area contributed by atoms with E-state index >= 15 is 0 Å². The van der Waals surface area contributed by atoms with E-state index in [0.29, 0.717) is 44.4 Å². The Bertz CT molecular complexity index is 844. The van der Waals surface area contributed by atoms with Gasteiger partial charge in [0.1, 0.15) is 11.5 Å². The summed E-state index contributed by atoms with van der Waals surface area (Å²) in [6.45, 7) is 2.31. The molecule has 2 atom stereocenters. The molecule has 7 nitrogen and oxygen atoms in total. The molecule has 0 aromatic heterocycles. The van der Waals surface area contributed by atoms with Gasteiger partial charge in [-0.15, -0.1) is 0 Å². The van der Waals surface area contributed by atoms with Crippen LogP contribution in [0, 0.1) is 11.8 Å². The van der Waals surface area contributed by atoms with E-state index in [-0.39, 0.29) is 11.7 Å². The van der Waals surface area contributed by atoms with Gasteiger partial charge >= 0.3 is 5.97 Å². The first-order valence-corrected chi connectivity index (χ1v) is 14.5. The number of aliphatic carboxylic acids is 1. The highest BCUT2D eigenvalue weighted by atomic mass is 33.1. The Kier molecular flexibility index (Phi) is 12.5. The summed E-state index contributed by atoms with van der Waals surface area (Å²) in [5.74, 6) is -0.298. The number of rotatable bonds is 14. The number of benzene rings is 1. The van der Waals surface area contributed by atoms with Gasteiger partial charge in [-0.25, -0.2) is 5.01 Å². The summed E-state index contributed by atoms with van der Waals surface area (Å²) in [7, 11) is 5.09. The molecule has 1 N–H and O–H groups in total. The quantitative estimate of drug-likeness (QED) is 0.158. The van der Waals surface area contributed by atoms with Crippen molar-refractivity contribution >= 4 is 45.0 Å². The van der Waals surface area contributed by atoms with E-state index in [0.717, 1.165) is 36.3 Å². The summed E-state index contributed by atoms with van der Waals surface area (Å²) < 4.78 is 5.75. The second-order valence-corrected chi connectivity index (χ2v) is 11.2. The molecule has 1 amide bonds. The van der Waals surface area contributed by atoms with E-state index in [1.54, 1.807) is 28.6 Å². The first kappa shape index (κ1) is 28.2. The lowest BCUT2D eigenvalue weighted by Gasteiger charge is -2.29. The predicted molar refractivity (Wildman–Crippen MR) is 139 cm³/mol. The normalized spacial score (nSPS) is 18.4. The van der Waals surface area contributed by atoms with Crippen LogP contribution in [-0.2, 0) is 14.4 Å². The van der Waals surface area contributed by atoms with E-state index in [2.05, 4.69) is 5.10 Å². The van der Waals surface area contributed by atoms with Crippen molar-refractivity contribution in [2.75, 3.05) is 25.7 Å². The highest BCUT2D eigenvalue weighted by Crippen LogP contribution is 2.31. The summed E-state index contributed by atoms with van der Waals surface area (Å²) in [4.78, 5) is 36.2. The third-order valence-corrected chi connectivity index (χ3v) is 7.86. The number of carboxylic acid groups (broad SMARTS) is 1. The van der Waals surface area contributed by atoms with E-state index in [4.69, 9.17) is 4.74 Å². The van der Waals surface area contributed by atoms with Gasteiger partial charge in [0, 0.05) is 25.6 Å². The molecule has 188 valence electrons. The average molecular weight is 509 g/mol. The molecule has 0 aliphatic heterocycles. The average Bonchev–Trinajstić information content (AvgIpc) is 2.84. The Morgan fingerprint density at radius 3 is 2.38 bits per heavy atom. The molecule has 2 unspecified atom stereocenters. The van der Waals surface area contributed by atoms with Gasteiger partial charge in [-0.3, -0.25) is 14.4 Å². The Balaban J connectivity index is 1.81. The maximum absolute atomic E-state index is 12.8. The van der Waals surface area contributed by atoms with Crippen LogP contribution in [0.4, 0.5) is 0 Å². The SMILES string of the molecule is CSSCCCC(=O)CCCOc1ccc(/C(C)=N/N(C)C(=O)C2CCCCC2C(=O)O)cc1. The maximum atomic E-state index is 12.8. The van der Waals surface area contributed by atoms with Crippen LogP contribution in [0.25, 0.3) is 0 Å². The number of ketones is 1. The van der Waals surface area contributed by atoms with Crippen molar-refractivity contribution in [1.29, 1.82) is 0 Å². The van der Waals surface area contributed by atoms with Gasteiger partial charge in [0.15, 0.2) is 0 Å². The van der Waals surface area contributed by atoms with Crippen molar-refractivity contribution in [3.05, 3.63) is 29.8 Å². The Morgan fingerprint density at radius 1 is 1.09 bits per heavy atom. The zero-order valence-electron chi connectivity index (χ0n) is 20.3. The first-order chi connectivity index (χ1) is 16.3. The summed E-state index contributed by atoms with van der Waals surface area (Å²) in [6, 6.07) is 7.45. The van der Waals surface area contributed by atoms with Gasteiger partial charge in [0.05, 0.1) is 24.2 Å². The number of carbonyl (C=O) groups is 3. The highest BCUT2D eigenvalue weighted by molar-refractivity contribution is 8.76. The molecular weight excluding hydrogens is 472 g/mol. The van der Waals surface area contributed by atoms with Crippen LogP contribution in [-0.4, -0.2) is 59.2 Å². The molecule has 1 aliphatic carbocycles. The van der Waals surface area contributed by atoms with Crippen molar-refractivity contribution in [2.24, 2.45) is 16.9 Å². The van der Waals surface area contributed by atoms with E-state index in [9.17, 15) is 19.5 Å². The first-order valence-electron chi connectivity index (χ1n) is 11.8. The third-order valence-electron chi connectivity index (χ3n) is 5.96. The fourth-order valence-electron chi connectivity index (χ4n) is 4.08. The van der Waals surface area contributed by atoms with Gasteiger partial charge in [0.25, 0.3) is 0 Å². The van der Waals surface area contributed by atoms with Gasteiger partial charge in [-0.2, -0.15) is 5.10 Å². The number of Topliss-reactive ketones (excluding diaryl/α,β-unsaturated/α-hetero) is 1. The number of ether oxygens (including phenoxy) is 1. The fourth-order valence-corrected chi connectivity index (χ4v) is 5.36. The zero-order valence-corrected chi connectivity index (χ0v) is 22.0. The van der Waals surface area contributed by atoms with Crippen molar-refractivity contribution in [2.45, 2.75) is 58.3 Å². The van der Waals surface area contributed by atoms with Gasteiger partial charge in [-0.05, 0) is 68.7 Å². The molecule has 0 spiro atoms. The van der Waals surface area contributed by atoms with Crippen LogP contribution in [0.1, 0.15) is 63.9 Å². The second-order valence-electron chi connectivity index (χ2n) is 8.49. The van der Waals surface area contributed by atoms with Crippen LogP contribution in [0.3, 0.4) is 0 Å². The lowest BCUT2D eigenvalue weighted by atomic mass is 9.78. The highest BCUT2D eigenvalue weighted by Gasteiger charge is 2.37. The summed E-state index contributed by atoms with van der Waals surface area (Å²) in [6.07, 6.45) is 7.67. The number of hydrazone groups is 1. The Labute approximate surface area is 210 Å². The Hall–Kier alpha value is -2.00. The predicted octanol–water partition coefficient (Wildman–Crippen LogP) is 5.28. The largest absolute Gasteiger partial charge is 0.494 e. The van der Waals surface area contributed by atoms with Gasteiger partial charge in [-0.1, -0.05) is 34.4 Å². The monoisotopic (exact) mass is 508 g/mol. The molecule has 0 heterocycles. The number of carboxylic acids is 1. The minimum Gasteiger partial charge on any atom is -0.494 e. The molecule has 0 bridgehead atoms. The molecule has 34 heavy (non-hydrogen) atoms. The van der Waals surface area contributed by atoms with Crippen molar-refractivity contribution in [1.82, 2.24) is 5.01 Å².